The van der Waals surface area contributed by atoms with Crippen molar-refractivity contribution in [3.63, 3.8) is 0 Å². The molecule has 0 saturated carbocycles. The van der Waals surface area contributed by atoms with Gasteiger partial charge in [-0.2, -0.15) is 0 Å². The van der Waals surface area contributed by atoms with E-state index >= 15 is 0 Å². The van der Waals surface area contributed by atoms with Gasteiger partial charge in [-0.15, -0.1) is 0 Å². The van der Waals surface area contributed by atoms with Crippen LogP contribution in [-0.2, 0) is 16.2 Å². The molecule has 1 saturated heterocycles. The molecule has 4 amide bonds. The predicted octanol–water partition coefficient (Wildman–Crippen LogP) is 5.24. The SMILES string of the molecule is O=C1NC(=O)N(c2ccc(Cl)cc2)C(=O)C1=Cc1cccc(OCc2ccc(Cl)cc2)c1. The molecule has 3 aromatic rings. The Bertz CT molecular complexity index is 1220. The van der Waals surface area contributed by atoms with Crippen LogP contribution in [0.15, 0.2) is 78.4 Å². The number of hydrogen-bond acceptors (Lipinski definition) is 4. The van der Waals surface area contributed by atoms with Crippen LogP contribution in [0.3, 0.4) is 0 Å². The third kappa shape index (κ3) is 4.82. The Labute approximate surface area is 194 Å². The third-order valence-electron chi connectivity index (χ3n) is 4.67. The summed E-state index contributed by atoms with van der Waals surface area (Å²) >= 11 is 11.8. The molecule has 1 aliphatic rings. The van der Waals surface area contributed by atoms with Crippen LogP contribution in [0.5, 0.6) is 5.75 Å². The number of barbiturate groups is 1. The summed E-state index contributed by atoms with van der Waals surface area (Å²) in [4.78, 5) is 38.5. The summed E-state index contributed by atoms with van der Waals surface area (Å²) in [5, 5.41) is 3.29. The molecule has 0 unspecified atom stereocenters. The summed E-state index contributed by atoms with van der Waals surface area (Å²) in [7, 11) is 0. The Morgan fingerprint density at radius 1 is 0.875 bits per heavy atom. The Morgan fingerprint density at radius 2 is 1.53 bits per heavy atom. The fraction of sp³-hybridized carbons (Fsp3) is 0.0417. The van der Waals surface area contributed by atoms with Crippen molar-refractivity contribution >= 4 is 52.8 Å². The van der Waals surface area contributed by atoms with Gasteiger partial charge >= 0.3 is 6.03 Å². The molecule has 4 rings (SSSR count). The molecule has 1 heterocycles. The summed E-state index contributed by atoms with van der Waals surface area (Å²) in [6.07, 6.45) is 1.42. The van der Waals surface area contributed by atoms with Crippen LogP contribution < -0.4 is 15.0 Å². The lowest BCUT2D eigenvalue weighted by Crippen LogP contribution is -2.54. The molecular formula is C24H16Cl2N2O4. The maximum absolute atomic E-state index is 13.0. The van der Waals surface area contributed by atoms with Gasteiger partial charge < -0.3 is 4.74 Å². The average molecular weight is 467 g/mol. The van der Waals surface area contributed by atoms with Gasteiger partial charge in [-0.3, -0.25) is 14.9 Å². The number of ether oxygens (including phenoxy) is 1. The largest absolute Gasteiger partial charge is 0.489 e. The molecule has 0 bridgehead atoms. The number of nitrogens with one attached hydrogen (secondary N) is 1. The van der Waals surface area contributed by atoms with Crippen molar-refractivity contribution in [3.05, 3.63) is 99.5 Å². The van der Waals surface area contributed by atoms with Crippen LogP contribution in [0.4, 0.5) is 10.5 Å². The maximum Gasteiger partial charge on any atom is 0.335 e. The highest BCUT2D eigenvalue weighted by molar-refractivity contribution is 6.39. The lowest BCUT2D eigenvalue weighted by atomic mass is 10.1. The average Bonchev–Trinajstić information content (AvgIpc) is 2.78. The number of benzene rings is 3. The van der Waals surface area contributed by atoms with Gasteiger partial charge in [-0.05, 0) is 65.7 Å². The van der Waals surface area contributed by atoms with Gasteiger partial charge in [0.05, 0.1) is 5.69 Å². The topological polar surface area (TPSA) is 75.7 Å². The van der Waals surface area contributed by atoms with Crippen molar-refractivity contribution in [3.8, 4) is 5.75 Å². The van der Waals surface area contributed by atoms with Crippen molar-refractivity contribution in [1.29, 1.82) is 0 Å². The summed E-state index contributed by atoms with van der Waals surface area (Å²) in [6, 6.07) is 19.6. The molecule has 160 valence electrons. The molecular weight excluding hydrogens is 451 g/mol. The van der Waals surface area contributed by atoms with Crippen LogP contribution in [0.25, 0.3) is 6.08 Å². The molecule has 8 heteroatoms. The molecule has 1 aliphatic heterocycles. The minimum absolute atomic E-state index is 0.172. The molecule has 1 fully saturated rings. The van der Waals surface area contributed by atoms with Crippen LogP contribution >= 0.6 is 23.2 Å². The fourth-order valence-corrected chi connectivity index (χ4v) is 3.34. The molecule has 0 atom stereocenters. The highest BCUT2D eigenvalue weighted by Crippen LogP contribution is 2.24. The molecule has 3 aromatic carbocycles. The van der Waals surface area contributed by atoms with Gasteiger partial charge in [0.1, 0.15) is 17.9 Å². The van der Waals surface area contributed by atoms with Crippen LogP contribution in [-0.4, -0.2) is 17.8 Å². The van der Waals surface area contributed by atoms with Gasteiger partial charge in [0.2, 0.25) is 0 Å². The number of urea groups is 1. The van der Waals surface area contributed by atoms with Crippen molar-refractivity contribution in [2.75, 3.05) is 4.90 Å². The summed E-state index contributed by atoms with van der Waals surface area (Å²) in [5.74, 6) is -0.935. The summed E-state index contributed by atoms with van der Waals surface area (Å²) < 4.78 is 5.80. The molecule has 32 heavy (non-hydrogen) atoms. The molecule has 6 nitrogen and oxygen atoms in total. The first-order chi connectivity index (χ1) is 15.4. The molecule has 0 aliphatic carbocycles. The third-order valence-corrected chi connectivity index (χ3v) is 5.18. The fourth-order valence-electron chi connectivity index (χ4n) is 3.09. The number of rotatable bonds is 5. The van der Waals surface area contributed by atoms with E-state index in [1.807, 2.05) is 12.1 Å². The van der Waals surface area contributed by atoms with Crippen LogP contribution in [0.1, 0.15) is 11.1 Å². The molecule has 0 radical (unpaired) electrons. The Kier molecular flexibility index (Phi) is 6.25. The monoisotopic (exact) mass is 466 g/mol. The molecule has 0 aromatic heterocycles. The highest BCUT2D eigenvalue weighted by Gasteiger charge is 2.36. The smallest absolute Gasteiger partial charge is 0.335 e. The zero-order valence-electron chi connectivity index (χ0n) is 16.5. The van der Waals surface area contributed by atoms with E-state index < -0.39 is 17.8 Å². The van der Waals surface area contributed by atoms with E-state index in [1.54, 1.807) is 48.5 Å². The number of nitrogens with zero attached hydrogens (tertiary/aromatic N) is 1. The Hall–Kier alpha value is -3.61. The minimum Gasteiger partial charge on any atom is -0.489 e. The van der Waals surface area contributed by atoms with Gasteiger partial charge in [0.15, 0.2) is 0 Å². The normalized spacial score (nSPS) is 15.1. The number of anilines is 1. The van der Waals surface area contributed by atoms with Crippen molar-refractivity contribution in [1.82, 2.24) is 5.32 Å². The van der Waals surface area contributed by atoms with Gasteiger partial charge in [-0.1, -0.05) is 47.5 Å². The van der Waals surface area contributed by atoms with Crippen molar-refractivity contribution in [2.45, 2.75) is 6.61 Å². The zero-order chi connectivity index (χ0) is 22.7. The van der Waals surface area contributed by atoms with Crippen molar-refractivity contribution in [2.24, 2.45) is 0 Å². The van der Waals surface area contributed by atoms with E-state index in [4.69, 9.17) is 27.9 Å². The number of imide groups is 2. The zero-order valence-corrected chi connectivity index (χ0v) is 18.1. The van der Waals surface area contributed by atoms with Crippen LogP contribution in [0.2, 0.25) is 10.0 Å². The van der Waals surface area contributed by atoms with E-state index in [9.17, 15) is 14.4 Å². The van der Waals surface area contributed by atoms with E-state index in [-0.39, 0.29) is 5.57 Å². The molecule has 1 N–H and O–H groups in total. The van der Waals surface area contributed by atoms with Gasteiger partial charge in [0.25, 0.3) is 11.8 Å². The van der Waals surface area contributed by atoms with Gasteiger partial charge in [-0.25, -0.2) is 9.69 Å². The first kappa shape index (κ1) is 21.6. The summed E-state index contributed by atoms with van der Waals surface area (Å²) in [5.41, 5.74) is 1.64. The molecule has 0 spiro atoms. The number of amides is 4. The van der Waals surface area contributed by atoms with Crippen molar-refractivity contribution < 1.29 is 19.1 Å². The second kappa shape index (κ2) is 9.26. The highest BCUT2D eigenvalue weighted by atomic mass is 35.5. The van der Waals surface area contributed by atoms with E-state index in [0.717, 1.165) is 10.5 Å². The van der Waals surface area contributed by atoms with Gasteiger partial charge in [0, 0.05) is 10.0 Å². The Balaban J connectivity index is 1.56. The standard InChI is InChI=1S/C24H16Cl2N2O4/c25-17-6-4-15(5-7-17)14-32-20-3-1-2-16(12-20)13-21-22(29)27-24(31)28(23(21)30)19-10-8-18(26)9-11-19/h1-13H,14H2,(H,27,29,31). The Morgan fingerprint density at radius 3 is 2.22 bits per heavy atom. The number of hydrogen-bond donors (Lipinski definition) is 1. The quantitative estimate of drug-likeness (QED) is 0.412. The lowest BCUT2D eigenvalue weighted by Gasteiger charge is -2.26. The lowest BCUT2D eigenvalue weighted by molar-refractivity contribution is -0.122. The van der Waals surface area contributed by atoms with E-state index in [2.05, 4.69) is 5.32 Å². The first-order valence-corrected chi connectivity index (χ1v) is 10.3. The van der Waals surface area contributed by atoms with E-state index in [1.165, 1.54) is 18.2 Å². The summed E-state index contributed by atoms with van der Waals surface area (Å²) in [6.45, 7) is 0.329. The predicted molar refractivity (Wildman–Crippen MR) is 123 cm³/mol. The maximum atomic E-state index is 13.0. The minimum atomic E-state index is -0.820. The van der Waals surface area contributed by atoms with Crippen LogP contribution in [0, 0.1) is 0 Å². The first-order valence-electron chi connectivity index (χ1n) is 9.55. The number of carbonyl (C=O) groups excluding carboxylic acids is 3. The second-order valence-corrected chi connectivity index (χ2v) is 7.79. The number of halogens is 2. The van der Waals surface area contributed by atoms with E-state index in [0.29, 0.717) is 33.7 Å². The second-order valence-electron chi connectivity index (χ2n) is 6.92. The number of carbonyl (C=O) groups is 3.